The molecular formula is C15H17N3O2S. The minimum atomic E-state index is -0.533. The zero-order valence-corrected chi connectivity index (χ0v) is 12.4. The summed E-state index contributed by atoms with van der Waals surface area (Å²) in [7, 11) is 0. The van der Waals surface area contributed by atoms with Crippen molar-refractivity contribution in [2.24, 2.45) is 5.73 Å². The van der Waals surface area contributed by atoms with E-state index < -0.39 is 6.04 Å². The van der Waals surface area contributed by atoms with E-state index in [0.717, 1.165) is 0 Å². The maximum Gasteiger partial charge on any atom is 0.265 e. The predicted molar refractivity (Wildman–Crippen MR) is 85.6 cm³/mol. The number of carbonyl (C=O) groups excluding carboxylic acids is 2. The van der Waals surface area contributed by atoms with Gasteiger partial charge in [0.15, 0.2) is 0 Å². The average molecular weight is 303 g/mol. The number of nitrogens with two attached hydrogens (primary N) is 1. The first-order valence-electron chi connectivity index (χ1n) is 6.61. The van der Waals surface area contributed by atoms with Crippen LogP contribution in [0.2, 0.25) is 0 Å². The summed E-state index contributed by atoms with van der Waals surface area (Å²) in [6.45, 7) is 1.85. The molecule has 0 radical (unpaired) electrons. The summed E-state index contributed by atoms with van der Waals surface area (Å²) >= 11 is 1.37. The summed E-state index contributed by atoms with van der Waals surface area (Å²) in [6, 6.07) is 10.0. The predicted octanol–water partition coefficient (Wildman–Crippen LogP) is 2.68. The van der Waals surface area contributed by atoms with Crippen LogP contribution in [-0.4, -0.2) is 17.9 Å². The van der Waals surface area contributed by atoms with Crippen LogP contribution in [0, 0.1) is 0 Å². The number of hydrogen-bond donors (Lipinski definition) is 3. The second kappa shape index (κ2) is 7.01. The van der Waals surface area contributed by atoms with Crippen molar-refractivity contribution in [1.82, 2.24) is 0 Å². The minimum absolute atomic E-state index is 0.168. The van der Waals surface area contributed by atoms with E-state index in [1.807, 2.05) is 18.4 Å². The molecule has 1 atom stereocenters. The van der Waals surface area contributed by atoms with E-state index in [-0.39, 0.29) is 11.8 Å². The first-order valence-corrected chi connectivity index (χ1v) is 7.49. The smallest absolute Gasteiger partial charge is 0.265 e. The number of hydrogen-bond acceptors (Lipinski definition) is 4. The van der Waals surface area contributed by atoms with Gasteiger partial charge in [0, 0.05) is 11.4 Å². The fraction of sp³-hybridized carbons (Fsp3) is 0.200. The molecule has 6 heteroatoms. The molecule has 110 valence electrons. The van der Waals surface area contributed by atoms with Crippen molar-refractivity contribution in [2.75, 3.05) is 10.6 Å². The summed E-state index contributed by atoms with van der Waals surface area (Å²) < 4.78 is 0. The van der Waals surface area contributed by atoms with Gasteiger partial charge in [0.1, 0.15) is 0 Å². The van der Waals surface area contributed by atoms with Gasteiger partial charge in [0.05, 0.1) is 10.9 Å². The van der Waals surface area contributed by atoms with Crippen LogP contribution in [0.5, 0.6) is 0 Å². The maximum atomic E-state index is 12.0. The lowest BCUT2D eigenvalue weighted by molar-refractivity contribution is -0.117. The van der Waals surface area contributed by atoms with E-state index >= 15 is 0 Å². The number of rotatable bonds is 5. The van der Waals surface area contributed by atoms with Crippen LogP contribution in [0.15, 0.2) is 41.8 Å². The Balaban J connectivity index is 2.04. The first kappa shape index (κ1) is 15.2. The van der Waals surface area contributed by atoms with Gasteiger partial charge in [-0.3, -0.25) is 9.59 Å². The lowest BCUT2D eigenvalue weighted by Crippen LogP contribution is -2.34. The highest BCUT2D eigenvalue weighted by atomic mass is 32.1. The zero-order valence-electron chi connectivity index (χ0n) is 11.6. The summed E-state index contributed by atoms with van der Waals surface area (Å²) in [5.41, 5.74) is 6.89. The number of benzene rings is 1. The van der Waals surface area contributed by atoms with E-state index in [4.69, 9.17) is 5.73 Å². The van der Waals surface area contributed by atoms with Crippen LogP contribution < -0.4 is 16.4 Å². The highest BCUT2D eigenvalue weighted by Crippen LogP contribution is 2.17. The summed E-state index contributed by atoms with van der Waals surface area (Å²) in [5.74, 6) is -0.405. The van der Waals surface area contributed by atoms with E-state index in [2.05, 4.69) is 10.6 Å². The number of carbonyl (C=O) groups is 2. The Morgan fingerprint density at radius 3 is 2.52 bits per heavy atom. The summed E-state index contributed by atoms with van der Waals surface area (Å²) in [5, 5.41) is 7.36. The molecule has 0 spiro atoms. The zero-order chi connectivity index (χ0) is 15.2. The maximum absolute atomic E-state index is 12.0. The van der Waals surface area contributed by atoms with E-state index in [0.29, 0.717) is 22.7 Å². The van der Waals surface area contributed by atoms with Gasteiger partial charge >= 0.3 is 0 Å². The van der Waals surface area contributed by atoms with Gasteiger partial charge in [-0.2, -0.15) is 0 Å². The normalized spacial score (nSPS) is 11.7. The lowest BCUT2D eigenvalue weighted by atomic mass is 10.2. The lowest BCUT2D eigenvalue weighted by Gasteiger charge is -2.11. The summed E-state index contributed by atoms with van der Waals surface area (Å²) in [4.78, 5) is 24.3. The quantitative estimate of drug-likeness (QED) is 0.794. The fourth-order valence-corrected chi connectivity index (χ4v) is 2.31. The molecule has 0 saturated heterocycles. The summed E-state index contributed by atoms with van der Waals surface area (Å²) in [6.07, 6.45) is 0.570. The highest BCUT2D eigenvalue weighted by Gasteiger charge is 2.12. The van der Waals surface area contributed by atoms with Gasteiger partial charge in [0.2, 0.25) is 5.91 Å². The third-order valence-corrected chi connectivity index (χ3v) is 3.78. The molecule has 0 bridgehead atoms. The molecule has 0 aliphatic carbocycles. The van der Waals surface area contributed by atoms with Crippen molar-refractivity contribution in [2.45, 2.75) is 19.4 Å². The molecule has 2 amide bonds. The number of thiophene rings is 1. The van der Waals surface area contributed by atoms with Crippen LogP contribution in [0.3, 0.4) is 0 Å². The second-order valence-corrected chi connectivity index (χ2v) is 5.46. The molecule has 1 aromatic carbocycles. The SMILES string of the molecule is CCC(N)C(=O)Nc1cccc(NC(=O)c2cccs2)c1. The third-order valence-electron chi connectivity index (χ3n) is 2.91. The third kappa shape index (κ3) is 4.14. The Hall–Kier alpha value is -2.18. The van der Waals surface area contributed by atoms with Crippen LogP contribution in [-0.2, 0) is 4.79 Å². The largest absolute Gasteiger partial charge is 0.325 e. The van der Waals surface area contributed by atoms with E-state index in [9.17, 15) is 9.59 Å². The molecule has 21 heavy (non-hydrogen) atoms. The van der Waals surface area contributed by atoms with E-state index in [1.54, 1.807) is 30.3 Å². The molecule has 2 rings (SSSR count). The molecule has 0 aliphatic rings. The Kier molecular flexibility index (Phi) is 5.08. The standard InChI is InChI=1S/C15H17N3O2S/c1-2-12(16)14(19)17-10-5-3-6-11(9-10)18-15(20)13-7-4-8-21-13/h3-9,12H,2,16H2,1H3,(H,17,19)(H,18,20). The number of amides is 2. The van der Waals surface area contributed by atoms with Crippen molar-refractivity contribution >= 4 is 34.5 Å². The second-order valence-electron chi connectivity index (χ2n) is 4.52. The van der Waals surface area contributed by atoms with Crippen molar-refractivity contribution in [3.8, 4) is 0 Å². The topological polar surface area (TPSA) is 84.2 Å². The van der Waals surface area contributed by atoms with Gasteiger partial charge in [-0.15, -0.1) is 11.3 Å². The van der Waals surface area contributed by atoms with Gasteiger partial charge in [-0.05, 0) is 36.1 Å². The minimum Gasteiger partial charge on any atom is -0.325 e. The molecule has 0 fully saturated rings. The Morgan fingerprint density at radius 1 is 1.19 bits per heavy atom. The van der Waals surface area contributed by atoms with Crippen molar-refractivity contribution in [1.29, 1.82) is 0 Å². The van der Waals surface area contributed by atoms with Crippen LogP contribution in [0.1, 0.15) is 23.0 Å². The van der Waals surface area contributed by atoms with Gasteiger partial charge in [0.25, 0.3) is 5.91 Å². The Morgan fingerprint density at radius 2 is 1.90 bits per heavy atom. The molecular weight excluding hydrogens is 286 g/mol. The molecule has 4 N–H and O–H groups in total. The molecule has 0 saturated carbocycles. The van der Waals surface area contributed by atoms with Crippen molar-refractivity contribution < 1.29 is 9.59 Å². The van der Waals surface area contributed by atoms with E-state index in [1.165, 1.54) is 11.3 Å². The molecule has 1 unspecified atom stereocenters. The number of anilines is 2. The monoisotopic (exact) mass is 303 g/mol. The average Bonchev–Trinajstić information content (AvgIpc) is 3.01. The van der Waals surface area contributed by atoms with Crippen molar-refractivity contribution in [3.05, 3.63) is 46.7 Å². The number of nitrogens with one attached hydrogen (secondary N) is 2. The fourth-order valence-electron chi connectivity index (χ4n) is 1.70. The van der Waals surface area contributed by atoms with Crippen LogP contribution >= 0.6 is 11.3 Å². The van der Waals surface area contributed by atoms with Gasteiger partial charge < -0.3 is 16.4 Å². The van der Waals surface area contributed by atoms with Crippen LogP contribution in [0.4, 0.5) is 11.4 Å². The van der Waals surface area contributed by atoms with Crippen molar-refractivity contribution in [3.63, 3.8) is 0 Å². The van der Waals surface area contributed by atoms with Gasteiger partial charge in [-0.1, -0.05) is 19.1 Å². The molecule has 5 nitrogen and oxygen atoms in total. The molecule has 1 heterocycles. The Labute approximate surface area is 127 Å². The molecule has 0 aliphatic heterocycles. The Bertz CT molecular complexity index is 626. The van der Waals surface area contributed by atoms with Gasteiger partial charge in [-0.25, -0.2) is 0 Å². The van der Waals surface area contributed by atoms with Crippen LogP contribution in [0.25, 0.3) is 0 Å². The molecule has 2 aromatic rings. The molecule has 1 aromatic heterocycles. The highest BCUT2D eigenvalue weighted by molar-refractivity contribution is 7.12. The first-order chi connectivity index (χ1) is 10.1.